The zero-order chi connectivity index (χ0) is 29.3. The molecular formula is C31H40N6O5. The Morgan fingerprint density at radius 2 is 1.71 bits per heavy atom. The van der Waals surface area contributed by atoms with Crippen molar-refractivity contribution in [3.05, 3.63) is 54.2 Å². The number of amides is 1. The highest BCUT2D eigenvalue weighted by molar-refractivity contribution is 5.76. The van der Waals surface area contributed by atoms with Gasteiger partial charge in [-0.1, -0.05) is 12.1 Å². The molecule has 1 atom stereocenters. The molecule has 42 heavy (non-hydrogen) atoms. The molecule has 2 N–H and O–H groups in total. The molecule has 0 spiro atoms. The van der Waals surface area contributed by atoms with Crippen LogP contribution in [0.4, 0.5) is 23.1 Å². The van der Waals surface area contributed by atoms with E-state index in [9.17, 15) is 4.79 Å². The lowest BCUT2D eigenvalue weighted by atomic mass is 9.94. The maximum atomic E-state index is 12.8. The van der Waals surface area contributed by atoms with E-state index in [0.29, 0.717) is 41.8 Å². The van der Waals surface area contributed by atoms with Gasteiger partial charge in [-0.3, -0.25) is 4.79 Å². The number of methoxy groups -OCH3 is 3. The highest BCUT2D eigenvalue weighted by atomic mass is 16.5. The van der Waals surface area contributed by atoms with Gasteiger partial charge in [0.15, 0.2) is 11.5 Å². The van der Waals surface area contributed by atoms with Crippen LogP contribution in [0.3, 0.4) is 0 Å². The first-order chi connectivity index (χ1) is 20.6. The largest absolute Gasteiger partial charge is 0.493 e. The maximum Gasteiger partial charge on any atom is 0.229 e. The van der Waals surface area contributed by atoms with Gasteiger partial charge in [-0.25, -0.2) is 4.98 Å². The van der Waals surface area contributed by atoms with E-state index in [1.165, 1.54) is 5.69 Å². The smallest absolute Gasteiger partial charge is 0.229 e. The number of benzene rings is 2. The Morgan fingerprint density at radius 1 is 0.976 bits per heavy atom. The first-order valence-electron chi connectivity index (χ1n) is 14.4. The second kappa shape index (κ2) is 14.1. The van der Waals surface area contributed by atoms with Crippen molar-refractivity contribution in [1.82, 2.24) is 15.3 Å². The molecule has 3 aromatic rings. The summed E-state index contributed by atoms with van der Waals surface area (Å²) in [4.78, 5) is 26.5. The Bertz CT molecular complexity index is 1310. The number of anilines is 4. The number of piperidine rings is 1. The summed E-state index contributed by atoms with van der Waals surface area (Å²) in [5, 5.41) is 6.35. The summed E-state index contributed by atoms with van der Waals surface area (Å²) in [7, 11) is 4.73. The van der Waals surface area contributed by atoms with E-state index in [-0.39, 0.29) is 11.8 Å². The summed E-state index contributed by atoms with van der Waals surface area (Å²) in [6.07, 6.45) is 4.24. The molecule has 2 fully saturated rings. The summed E-state index contributed by atoms with van der Waals surface area (Å²) >= 11 is 0. The minimum Gasteiger partial charge on any atom is -0.493 e. The van der Waals surface area contributed by atoms with Gasteiger partial charge in [-0.15, -0.1) is 0 Å². The molecule has 2 aliphatic heterocycles. The lowest BCUT2D eigenvalue weighted by molar-refractivity contribution is -0.122. The van der Waals surface area contributed by atoms with E-state index in [0.717, 1.165) is 63.6 Å². The van der Waals surface area contributed by atoms with Crippen molar-refractivity contribution in [3.8, 4) is 17.2 Å². The van der Waals surface area contributed by atoms with Crippen LogP contribution in [0.15, 0.2) is 48.7 Å². The normalized spacial score (nSPS) is 17.0. The maximum absolute atomic E-state index is 12.8. The average molecular weight is 577 g/mol. The Kier molecular flexibility index (Phi) is 9.81. The van der Waals surface area contributed by atoms with Crippen molar-refractivity contribution in [1.29, 1.82) is 0 Å². The van der Waals surface area contributed by atoms with Crippen LogP contribution >= 0.6 is 0 Å². The van der Waals surface area contributed by atoms with Gasteiger partial charge in [0.1, 0.15) is 5.82 Å². The number of carbonyl (C=O) groups is 1. The number of morpholine rings is 1. The van der Waals surface area contributed by atoms with Crippen molar-refractivity contribution < 1.29 is 23.7 Å². The second-order valence-corrected chi connectivity index (χ2v) is 10.5. The monoisotopic (exact) mass is 576 g/mol. The van der Waals surface area contributed by atoms with E-state index in [1.807, 2.05) is 18.2 Å². The minimum absolute atomic E-state index is 0.0755. The number of ether oxygens (including phenoxy) is 4. The number of hydrogen-bond acceptors (Lipinski definition) is 10. The summed E-state index contributed by atoms with van der Waals surface area (Å²) < 4.78 is 21.8. The molecule has 2 aliphatic rings. The molecule has 11 heteroatoms. The number of nitrogens with zero attached hydrogens (tertiary/aromatic N) is 4. The standard InChI is InChI=1S/C31H40N6O5/c1-39-26-18-24(19-27(40-2)30(26)41-3)34-31-32-11-10-28(35-31)37-12-4-5-23(21-37)17-29(38)33-20-22-6-8-25(9-7-22)36-13-15-42-16-14-36/h6-11,18-19,23H,4-5,12-17,20-21H2,1-3H3,(H,33,38)(H,32,34,35). The quantitative estimate of drug-likeness (QED) is 0.348. The molecule has 5 rings (SSSR count). The zero-order valence-electron chi connectivity index (χ0n) is 24.6. The number of carbonyl (C=O) groups excluding carboxylic acids is 1. The third-order valence-electron chi connectivity index (χ3n) is 7.68. The highest BCUT2D eigenvalue weighted by Crippen LogP contribution is 2.40. The predicted octanol–water partition coefficient (Wildman–Crippen LogP) is 4.01. The van der Waals surface area contributed by atoms with Crippen molar-refractivity contribution in [2.24, 2.45) is 5.92 Å². The van der Waals surface area contributed by atoms with Gasteiger partial charge < -0.3 is 39.4 Å². The molecule has 3 heterocycles. The van der Waals surface area contributed by atoms with E-state index in [4.69, 9.17) is 23.9 Å². The Labute approximate surface area is 247 Å². The molecular weight excluding hydrogens is 536 g/mol. The van der Waals surface area contributed by atoms with Crippen LogP contribution in [0, 0.1) is 5.92 Å². The predicted molar refractivity (Wildman–Crippen MR) is 162 cm³/mol. The SMILES string of the molecule is COc1cc(Nc2nccc(N3CCCC(CC(=O)NCc4ccc(N5CCOCC5)cc4)C3)n2)cc(OC)c1OC. The molecule has 0 saturated carbocycles. The van der Waals surface area contributed by atoms with E-state index < -0.39 is 0 Å². The average Bonchev–Trinajstić information content (AvgIpc) is 3.04. The van der Waals surface area contributed by atoms with E-state index in [2.05, 4.69) is 49.7 Å². The van der Waals surface area contributed by atoms with Gasteiger partial charge in [0.2, 0.25) is 17.6 Å². The van der Waals surface area contributed by atoms with Crippen LogP contribution in [0.5, 0.6) is 17.2 Å². The fraction of sp³-hybridized carbons (Fsp3) is 0.452. The Morgan fingerprint density at radius 3 is 2.40 bits per heavy atom. The fourth-order valence-corrected chi connectivity index (χ4v) is 5.49. The fourth-order valence-electron chi connectivity index (χ4n) is 5.49. The van der Waals surface area contributed by atoms with Crippen LogP contribution in [0.2, 0.25) is 0 Å². The van der Waals surface area contributed by atoms with Gasteiger partial charge in [0.05, 0.1) is 34.5 Å². The topological polar surface area (TPSA) is 110 Å². The summed E-state index contributed by atoms with van der Waals surface area (Å²) in [5.41, 5.74) is 3.01. The van der Waals surface area contributed by atoms with E-state index >= 15 is 0 Å². The lowest BCUT2D eigenvalue weighted by Crippen LogP contribution is -2.38. The van der Waals surface area contributed by atoms with Gasteiger partial charge in [-0.2, -0.15) is 4.98 Å². The lowest BCUT2D eigenvalue weighted by Gasteiger charge is -2.33. The number of rotatable bonds is 11. The molecule has 2 saturated heterocycles. The molecule has 224 valence electrons. The van der Waals surface area contributed by atoms with Crippen LogP contribution in [-0.4, -0.2) is 76.6 Å². The number of aromatic nitrogens is 2. The second-order valence-electron chi connectivity index (χ2n) is 10.5. The van der Waals surface area contributed by atoms with Crippen molar-refractivity contribution in [3.63, 3.8) is 0 Å². The first kappa shape index (κ1) is 29.2. The van der Waals surface area contributed by atoms with Gasteiger partial charge in [0.25, 0.3) is 0 Å². The van der Waals surface area contributed by atoms with Crippen LogP contribution < -0.4 is 34.6 Å². The summed E-state index contributed by atoms with van der Waals surface area (Å²) in [5.74, 6) is 3.21. The van der Waals surface area contributed by atoms with Gasteiger partial charge >= 0.3 is 0 Å². The Hall–Kier alpha value is -4.25. The molecule has 2 aromatic carbocycles. The molecule has 1 aromatic heterocycles. The molecule has 0 bridgehead atoms. The zero-order valence-corrected chi connectivity index (χ0v) is 24.6. The van der Waals surface area contributed by atoms with E-state index in [1.54, 1.807) is 27.5 Å². The minimum atomic E-state index is 0.0755. The van der Waals surface area contributed by atoms with Crippen molar-refractivity contribution in [2.75, 3.05) is 75.8 Å². The summed E-state index contributed by atoms with van der Waals surface area (Å²) in [6, 6.07) is 14.0. The van der Waals surface area contributed by atoms with Crippen molar-refractivity contribution >= 4 is 29.0 Å². The number of hydrogen-bond donors (Lipinski definition) is 2. The van der Waals surface area contributed by atoms with Gasteiger partial charge in [0, 0.05) is 68.8 Å². The molecule has 1 unspecified atom stereocenters. The molecule has 1 amide bonds. The first-order valence-corrected chi connectivity index (χ1v) is 14.4. The van der Waals surface area contributed by atoms with Crippen LogP contribution in [0.25, 0.3) is 0 Å². The van der Waals surface area contributed by atoms with Crippen LogP contribution in [0.1, 0.15) is 24.8 Å². The third kappa shape index (κ3) is 7.33. The highest BCUT2D eigenvalue weighted by Gasteiger charge is 2.24. The van der Waals surface area contributed by atoms with Crippen molar-refractivity contribution in [2.45, 2.75) is 25.8 Å². The van der Waals surface area contributed by atoms with Crippen LogP contribution in [-0.2, 0) is 16.1 Å². The number of nitrogens with one attached hydrogen (secondary N) is 2. The van der Waals surface area contributed by atoms with Gasteiger partial charge in [-0.05, 0) is 42.5 Å². The summed E-state index contributed by atoms with van der Waals surface area (Å²) in [6.45, 7) is 5.53. The molecule has 0 aliphatic carbocycles. The Balaban J connectivity index is 1.14. The molecule has 0 radical (unpaired) electrons. The molecule has 11 nitrogen and oxygen atoms in total. The third-order valence-corrected chi connectivity index (χ3v) is 7.68.